The van der Waals surface area contributed by atoms with Gasteiger partial charge in [-0.1, -0.05) is 6.92 Å². The number of aromatic nitrogens is 4. The maximum Gasteiger partial charge on any atom is 0.332 e. The summed E-state index contributed by atoms with van der Waals surface area (Å²) in [6, 6.07) is 0. The van der Waals surface area contributed by atoms with Gasteiger partial charge in [-0.25, -0.2) is 4.79 Å². The van der Waals surface area contributed by atoms with Crippen LogP contribution in [0.15, 0.2) is 15.8 Å². The van der Waals surface area contributed by atoms with Crippen LogP contribution >= 0.6 is 0 Å². The second-order valence-electron chi connectivity index (χ2n) is 3.84. The van der Waals surface area contributed by atoms with Gasteiger partial charge in [0.25, 0.3) is 5.56 Å². The largest absolute Gasteiger partial charge is 0.332 e. The van der Waals surface area contributed by atoms with Crippen molar-refractivity contribution < 1.29 is 0 Å². The lowest BCUT2D eigenvalue weighted by atomic mass is 10.4. The monoisotopic (exact) mass is 222 g/mol. The first-order valence-electron chi connectivity index (χ1n) is 5.19. The van der Waals surface area contributed by atoms with Gasteiger partial charge in [0.2, 0.25) is 0 Å². The molecule has 0 atom stereocenters. The Morgan fingerprint density at radius 1 is 1.25 bits per heavy atom. The predicted octanol–water partition coefficient (Wildman–Crippen LogP) is -0.156. The number of hydrogen-bond acceptors (Lipinski definition) is 3. The molecule has 0 radical (unpaired) electrons. The van der Waals surface area contributed by atoms with Crippen LogP contribution in [0.1, 0.15) is 13.3 Å². The summed E-state index contributed by atoms with van der Waals surface area (Å²) < 4.78 is 4.19. The molecule has 0 aliphatic rings. The minimum Gasteiger partial charge on any atom is -0.279 e. The van der Waals surface area contributed by atoms with E-state index in [1.54, 1.807) is 17.9 Å². The molecular formula is C10H14N4O2. The SMILES string of the molecule is CCCn1cc2c(=O)n(C)c(=O)n(C)c2n1. The number of fused-ring (bicyclic) bond motifs is 1. The first-order chi connectivity index (χ1) is 7.56. The van der Waals surface area contributed by atoms with Gasteiger partial charge in [-0.05, 0) is 6.42 Å². The maximum atomic E-state index is 11.8. The van der Waals surface area contributed by atoms with Gasteiger partial charge in [0.15, 0.2) is 5.65 Å². The van der Waals surface area contributed by atoms with Crippen LogP contribution in [-0.4, -0.2) is 18.9 Å². The topological polar surface area (TPSA) is 61.8 Å². The van der Waals surface area contributed by atoms with Gasteiger partial charge in [0.1, 0.15) is 5.39 Å². The zero-order chi connectivity index (χ0) is 11.9. The highest BCUT2D eigenvalue weighted by molar-refractivity contribution is 5.72. The molecular weight excluding hydrogens is 208 g/mol. The Bertz CT molecular complexity index is 647. The highest BCUT2D eigenvalue weighted by Crippen LogP contribution is 2.04. The molecule has 2 heterocycles. The van der Waals surface area contributed by atoms with E-state index >= 15 is 0 Å². The highest BCUT2D eigenvalue weighted by atomic mass is 16.2. The molecule has 0 saturated carbocycles. The first kappa shape index (κ1) is 10.7. The van der Waals surface area contributed by atoms with Crippen LogP contribution in [0.4, 0.5) is 0 Å². The Labute approximate surface area is 91.7 Å². The fourth-order valence-corrected chi connectivity index (χ4v) is 1.74. The second-order valence-corrected chi connectivity index (χ2v) is 3.84. The van der Waals surface area contributed by atoms with Crippen LogP contribution in [0.25, 0.3) is 11.0 Å². The molecule has 0 unspecified atom stereocenters. The second kappa shape index (κ2) is 3.62. The summed E-state index contributed by atoms with van der Waals surface area (Å²) in [5, 5.41) is 4.72. The molecule has 0 saturated heterocycles. The average Bonchev–Trinajstić information content (AvgIpc) is 2.68. The van der Waals surface area contributed by atoms with Gasteiger partial charge in [-0.3, -0.25) is 18.6 Å². The van der Waals surface area contributed by atoms with Crippen molar-refractivity contribution in [3.05, 3.63) is 27.0 Å². The van der Waals surface area contributed by atoms with Crippen molar-refractivity contribution in [2.45, 2.75) is 19.9 Å². The van der Waals surface area contributed by atoms with Crippen LogP contribution in [0.3, 0.4) is 0 Å². The molecule has 0 bridgehead atoms. The third-order valence-corrected chi connectivity index (χ3v) is 2.62. The molecule has 0 spiro atoms. The zero-order valence-corrected chi connectivity index (χ0v) is 9.60. The fourth-order valence-electron chi connectivity index (χ4n) is 1.74. The molecule has 0 amide bonds. The number of rotatable bonds is 2. The smallest absolute Gasteiger partial charge is 0.279 e. The summed E-state index contributed by atoms with van der Waals surface area (Å²) in [6.07, 6.45) is 2.63. The molecule has 86 valence electrons. The van der Waals surface area contributed by atoms with E-state index in [0.29, 0.717) is 11.0 Å². The van der Waals surface area contributed by atoms with E-state index in [1.165, 1.54) is 11.6 Å². The van der Waals surface area contributed by atoms with E-state index in [-0.39, 0.29) is 11.2 Å². The van der Waals surface area contributed by atoms with Gasteiger partial charge in [0.05, 0.1) is 0 Å². The standard InChI is InChI=1S/C10H14N4O2/c1-4-5-14-6-7-8(11-14)12(2)10(16)13(3)9(7)15/h6H,4-5H2,1-3H3. The van der Waals surface area contributed by atoms with Crippen molar-refractivity contribution in [3.63, 3.8) is 0 Å². The first-order valence-corrected chi connectivity index (χ1v) is 5.19. The third-order valence-electron chi connectivity index (χ3n) is 2.62. The van der Waals surface area contributed by atoms with E-state index in [1.807, 2.05) is 6.92 Å². The summed E-state index contributed by atoms with van der Waals surface area (Å²) in [4.78, 5) is 23.5. The van der Waals surface area contributed by atoms with E-state index in [9.17, 15) is 9.59 Å². The zero-order valence-electron chi connectivity index (χ0n) is 9.60. The minimum atomic E-state index is -0.348. The normalized spacial score (nSPS) is 11.2. The number of aryl methyl sites for hydroxylation is 2. The van der Waals surface area contributed by atoms with E-state index < -0.39 is 0 Å². The molecule has 0 aliphatic heterocycles. The van der Waals surface area contributed by atoms with Crippen LogP contribution in [0.2, 0.25) is 0 Å². The number of hydrogen-bond donors (Lipinski definition) is 0. The van der Waals surface area contributed by atoms with Crippen molar-refractivity contribution in [2.24, 2.45) is 14.1 Å². The Morgan fingerprint density at radius 3 is 2.56 bits per heavy atom. The molecule has 2 aromatic rings. The van der Waals surface area contributed by atoms with Crippen molar-refractivity contribution in [1.29, 1.82) is 0 Å². The summed E-state index contributed by atoms with van der Waals surface area (Å²) in [6.45, 7) is 2.77. The van der Waals surface area contributed by atoms with E-state index in [2.05, 4.69) is 5.10 Å². The molecule has 2 rings (SSSR count). The molecule has 0 fully saturated rings. The summed E-state index contributed by atoms with van der Waals surface area (Å²) in [5.74, 6) is 0. The Balaban J connectivity index is 2.87. The Hall–Kier alpha value is -1.85. The number of nitrogens with zero attached hydrogens (tertiary/aromatic N) is 4. The van der Waals surface area contributed by atoms with Gasteiger partial charge < -0.3 is 0 Å². The van der Waals surface area contributed by atoms with Crippen LogP contribution in [0, 0.1) is 0 Å². The van der Waals surface area contributed by atoms with Gasteiger partial charge in [-0.2, -0.15) is 5.10 Å². The summed E-state index contributed by atoms with van der Waals surface area (Å²) in [5.41, 5.74) is -0.193. The Kier molecular flexibility index (Phi) is 2.41. The van der Waals surface area contributed by atoms with Crippen LogP contribution in [0.5, 0.6) is 0 Å². The molecule has 0 aromatic carbocycles. The highest BCUT2D eigenvalue weighted by Gasteiger charge is 2.11. The molecule has 2 aromatic heterocycles. The van der Waals surface area contributed by atoms with E-state index in [4.69, 9.17) is 0 Å². The molecule has 6 nitrogen and oxygen atoms in total. The van der Waals surface area contributed by atoms with Crippen molar-refractivity contribution in [1.82, 2.24) is 18.9 Å². The lowest BCUT2D eigenvalue weighted by Gasteiger charge is -2.00. The van der Waals surface area contributed by atoms with Crippen molar-refractivity contribution in [2.75, 3.05) is 0 Å². The molecule has 0 aliphatic carbocycles. The molecule has 6 heteroatoms. The van der Waals surface area contributed by atoms with Crippen LogP contribution < -0.4 is 11.2 Å². The quantitative estimate of drug-likeness (QED) is 0.709. The summed E-state index contributed by atoms with van der Waals surface area (Å²) in [7, 11) is 3.09. The fraction of sp³-hybridized carbons (Fsp3) is 0.500. The third kappa shape index (κ3) is 1.37. The van der Waals surface area contributed by atoms with Crippen molar-refractivity contribution >= 4 is 11.0 Å². The minimum absolute atomic E-state index is 0.291. The molecule has 0 N–H and O–H groups in total. The lowest BCUT2D eigenvalue weighted by Crippen LogP contribution is -2.36. The summed E-state index contributed by atoms with van der Waals surface area (Å²) >= 11 is 0. The van der Waals surface area contributed by atoms with Crippen molar-refractivity contribution in [3.8, 4) is 0 Å². The average molecular weight is 222 g/mol. The van der Waals surface area contributed by atoms with Gasteiger partial charge in [-0.15, -0.1) is 0 Å². The van der Waals surface area contributed by atoms with Gasteiger partial charge >= 0.3 is 5.69 Å². The van der Waals surface area contributed by atoms with E-state index in [0.717, 1.165) is 17.5 Å². The van der Waals surface area contributed by atoms with Gasteiger partial charge in [0, 0.05) is 26.8 Å². The lowest BCUT2D eigenvalue weighted by molar-refractivity contribution is 0.602. The molecule has 16 heavy (non-hydrogen) atoms. The predicted molar refractivity (Wildman–Crippen MR) is 60.5 cm³/mol. The van der Waals surface area contributed by atoms with Crippen LogP contribution in [-0.2, 0) is 20.6 Å². The maximum absolute atomic E-state index is 11.8. The Morgan fingerprint density at radius 2 is 1.94 bits per heavy atom.